The number of rotatable bonds is 0. The third-order valence-corrected chi connectivity index (χ3v) is 9.72. The number of carbonyl (C=O) groups excluding carboxylic acids is 1. The van der Waals surface area contributed by atoms with Crippen molar-refractivity contribution in [2.45, 2.75) is 96.3 Å². The summed E-state index contributed by atoms with van der Waals surface area (Å²) in [6.07, 6.45) is 18.3. The molecule has 0 saturated carbocycles. The minimum absolute atomic E-state index is 0.430. The fourth-order valence-electron chi connectivity index (χ4n) is 8.57. The van der Waals surface area contributed by atoms with Gasteiger partial charge in [-0.25, -0.2) is 0 Å². The molecule has 0 aliphatic heterocycles. The second-order valence-corrected chi connectivity index (χ2v) is 11.0. The van der Waals surface area contributed by atoms with Gasteiger partial charge in [-0.3, -0.25) is 4.79 Å². The molecule has 0 radical (unpaired) electrons. The molecule has 156 valence electrons. The number of hydrogen-bond donors (Lipinski definition) is 0. The molecule has 0 heterocycles. The Labute approximate surface area is 184 Å². The molecule has 0 fully saturated rings. The minimum atomic E-state index is 0.430. The molecule has 0 amide bonds. The second kappa shape index (κ2) is 6.00. The van der Waals surface area contributed by atoms with Crippen LogP contribution >= 0.6 is 0 Å². The molecule has 8 rings (SSSR count). The van der Waals surface area contributed by atoms with E-state index in [9.17, 15) is 4.79 Å². The average Bonchev–Trinajstić information content (AvgIpc) is 3.59. The summed E-state index contributed by atoms with van der Waals surface area (Å²) in [5, 5.41) is 0. The highest BCUT2D eigenvalue weighted by Gasteiger charge is 2.39. The molecular weight excluding hydrogens is 376 g/mol. The molecule has 6 aliphatic rings. The van der Waals surface area contributed by atoms with Crippen molar-refractivity contribution in [3.63, 3.8) is 0 Å². The van der Waals surface area contributed by atoms with Gasteiger partial charge in [0.2, 0.25) is 0 Å². The quantitative estimate of drug-likeness (QED) is 0.530. The van der Waals surface area contributed by atoms with Crippen LogP contribution in [0.1, 0.15) is 97.2 Å². The van der Waals surface area contributed by atoms with Crippen LogP contribution in [0.4, 0.5) is 0 Å². The summed E-state index contributed by atoms with van der Waals surface area (Å²) < 4.78 is 0. The third-order valence-electron chi connectivity index (χ3n) is 9.72. The summed E-state index contributed by atoms with van der Waals surface area (Å²) in [6.45, 7) is 0. The lowest BCUT2D eigenvalue weighted by atomic mass is 9.90. The molecular formula is C30H30O. The highest BCUT2D eigenvalue weighted by atomic mass is 16.1. The van der Waals surface area contributed by atoms with Crippen LogP contribution in [-0.4, -0.2) is 5.78 Å². The predicted molar refractivity (Wildman–Crippen MR) is 123 cm³/mol. The standard InChI is InChI=1S/C30H30O/c31-30-25(15-28-23-11-3-7-19(23)20-8-4-12-24(20)29(28)30)16-13-26-21-9-1-5-17(21)18-6-2-10-22(18)27(26)14-16/h1-15H2. The van der Waals surface area contributed by atoms with Gasteiger partial charge in [0.15, 0.2) is 5.78 Å². The molecule has 0 spiro atoms. The summed E-state index contributed by atoms with van der Waals surface area (Å²) in [6, 6.07) is 0. The van der Waals surface area contributed by atoms with E-state index in [1.807, 2.05) is 0 Å². The van der Waals surface area contributed by atoms with Gasteiger partial charge in [-0.2, -0.15) is 0 Å². The fraction of sp³-hybridized carbons (Fsp3) is 0.500. The first kappa shape index (κ1) is 17.4. The summed E-state index contributed by atoms with van der Waals surface area (Å²) in [4.78, 5) is 13.9. The maximum absolute atomic E-state index is 13.9. The number of hydrogen-bond acceptors (Lipinski definition) is 1. The molecule has 31 heavy (non-hydrogen) atoms. The lowest BCUT2D eigenvalue weighted by molar-refractivity contribution is 0.103. The van der Waals surface area contributed by atoms with E-state index >= 15 is 0 Å². The first-order valence-electron chi connectivity index (χ1n) is 12.9. The van der Waals surface area contributed by atoms with Gasteiger partial charge in [0.05, 0.1) is 0 Å². The molecule has 6 aliphatic carbocycles. The monoisotopic (exact) mass is 406 g/mol. The first-order valence-corrected chi connectivity index (χ1v) is 12.9. The van der Waals surface area contributed by atoms with E-state index in [4.69, 9.17) is 0 Å². The van der Waals surface area contributed by atoms with Crippen molar-refractivity contribution < 1.29 is 4.79 Å². The Morgan fingerprint density at radius 3 is 1.29 bits per heavy atom. The van der Waals surface area contributed by atoms with Crippen molar-refractivity contribution in [1.29, 1.82) is 0 Å². The van der Waals surface area contributed by atoms with Gasteiger partial charge in [-0.15, -0.1) is 0 Å². The SMILES string of the molecule is O=C1C(=C2Cc3c4c(c5c(c3C2)CCC5)CCC4)Cc2c3c(c4c(c21)CCC4)CCC3. The molecule has 2 aromatic carbocycles. The van der Waals surface area contributed by atoms with Crippen LogP contribution in [0.3, 0.4) is 0 Å². The van der Waals surface area contributed by atoms with Gasteiger partial charge < -0.3 is 0 Å². The van der Waals surface area contributed by atoms with Crippen LogP contribution in [0, 0.1) is 0 Å². The summed E-state index contributed by atoms with van der Waals surface area (Å²) in [5.74, 6) is 0.430. The number of carbonyl (C=O) groups is 1. The molecule has 1 nitrogen and oxygen atoms in total. The van der Waals surface area contributed by atoms with Gasteiger partial charge in [-0.05, 0) is 151 Å². The van der Waals surface area contributed by atoms with Gasteiger partial charge in [0.25, 0.3) is 0 Å². The van der Waals surface area contributed by atoms with E-state index < -0.39 is 0 Å². The number of ketones is 1. The zero-order valence-electron chi connectivity index (χ0n) is 18.5. The van der Waals surface area contributed by atoms with Crippen LogP contribution in [0.2, 0.25) is 0 Å². The molecule has 0 saturated heterocycles. The second-order valence-electron chi connectivity index (χ2n) is 11.0. The van der Waals surface area contributed by atoms with Gasteiger partial charge in [0, 0.05) is 17.6 Å². The van der Waals surface area contributed by atoms with Crippen molar-refractivity contribution in [3.05, 3.63) is 77.9 Å². The highest BCUT2D eigenvalue weighted by Crippen LogP contribution is 2.48. The van der Waals surface area contributed by atoms with E-state index in [-0.39, 0.29) is 0 Å². The zero-order valence-corrected chi connectivity index (χ0v) is 18.5. The first-order chi connectivity index (χ1) is 15.3. The molecule has 0 atom stereocenters. The van der Waals surface area contributed by atoms with Crippen LogP contribution in [0.15, 0.2) is 11.1 Å². The van der Waals surface area contributed by atoms with Crippen LogP contribution < -0.4 is 0 Å². The Morgan fingerprint density at radius 2 is 0.774 bits per heavy atom. The normalized spacial score (nSPS) is 22.1. The summed E-state index contributed by atoms with van der Waals surface area (Å²) in [7, 11) is 0. The van der Waals surface area contributed by atoms with Crippen molar-refractivity contribution in [2.24, 2.45) is 0 Å². The minimum Gasteiger partial charge on any atom is -0.289 e. The Morgan fingerprint density at radius 1 is 0.387 bits per heavy atom. The Bertz CT molecular complexity index is 1220. The summed E-state index contributed by atoms with van der Waals surface area (Å²) >= 11 is 0. The van der Waals surface area contributed by atoms with Gasteiger partial charge in [-0.1, -0.05) is 5.57 Å². The van der Waals surface area contributed by atoms with E-state index in [1.54, 1.807) is 50.1 Å². The smallest absolute Gasteiger partial charge is 0.189 e. The molecule has 1 heteroatoms. The maximum Gasteiger partial charge on any atom is 0.189 e. The number of allylic oxidation sites excluding steroid dienone is 2. The Hall–Kier alpha value is -2.15. The Kier molecular flexibility index (Phi) is 3.37. The van der Waals surface area contributed by atoms with E-state index in [1.165, 1.54) is 98.5 Å². The van der Waals surface area contributed by atoms with Crippen LogP contribution in [0.5, 0.6) is 0 Å². The lowest BCUT2D eigenvalue weighted by Crippen LogP contribution is -2.06. The van der Waals surface area contributed by atoms with E-state index in [2.05, 4.69) is 0 Å². The number of benzene rings is 2. The average molecular weight is 407 g/mol. The highest BCUT2D eigenvalue weighted by molar-refractivity contribution is 6.15. The molecule has 0 unspecified atom stereocenters. The topological polar surface area (TPSA) is 17.1 Å². The maximum atomic E-state index is 13.9. The van der Waals surface area contributed by atoms with Gasteiger partial charge >= 0.3 is 0 Å². The summed E-state index contributed by atoms with van der Waals surface area (Å²) in [5.41, 5.74) is 21.9. The van der Waals surface area contributed by atoms with Gasteiger partial charge in [0.1, 0.15) is 0 Å². The number of fused-ring (bicyclic) bond motifs is 12. The van der Waals surface area contributed by atoms with Crippen LogP contribution in [-0.2, 0) is 70.6 Å². The molecule has 0 aromatic heterocycles. The van der Waals surface area contributed by atoms with Crippen LogP contribution in [0.25, 0.3) is 0 Å². The van der Waals surface area contributed by atoms with Crippen molar-refractivity contribution >= 4 is 5.78 Å². The lowest BCUT2D eigenvalue weighted by Gasteiger charge is -2.14. The Balaban J connectivity index is 1.29. The molecule has 0 bridgehead atoms. The van der Waals surface area contributed by atoms with Crippen molar-refractivity contribution in [2.75, 3.05) is 0 Å². The van der Waals surface area contributed by atoms with Crippen molar-refractivity contribution in [3.8, 4) is 0 Å². The third kappa shape index (κ3) is 2.11. The van der Waals surface area contributed by atoms with E-state index in [0.29, 0.717) is 5.78 Å². The largest absolute Gasteiger partial charge is 0.289 e. The predicted octanol–water partition coefficient (Wildman–Crippen LogP) is 5.48. The van der Waals surface area contributed by atoms with Crippen molar-refractivity contribution in [1.82, 2.24) is 0 Å². The molecule has 2 aromatic rings. The fourth-order valence-corrected chi connectivity index (χ4v) is 8.57. The number of Topliss-reactive ketones (excluding diaryl/α,β-unsaturated/α-hetero) is 1. The van der Waals surface area contributed by atoms with E-state index in [0.717, 1.165) is 25.7 Å². The zero-order chi connectivity index (χ0) is 20.3. The molecule has 0 N–H and O–H groups in total.